The molecule has 5 nitrogen and oxygen atoms in total. The summed E-state index contributed by atoms with van der Waals surface area (Å²) < 4.78 is 5.09. The van der Waals surface area contributed by atoms with E-state index in [4.69, 9.17) is 9.84 Å². The van der Waals surface area contributed by atoms with Crippen LogP contribution >= 0.6 is 0 Å². The lowest BCUT2D eigenvalue weighted by Gasteiger charge is -2.20. The molecule has 0 atom stereocenters. The van der Waals surface area contributed by atoms with Crippen LogP contribution in [0, 0.1) is 0 Å². The fraction of sp³-hybridized carbons (Fsp3) is 0.533. The van der Waals surface area contributed by atoms with Gasteiger partial charge in [-0.2, -0.15) is 0 Å². The van der Waals surface area contributed by atoms with E-state index in [-0.39, 0.29) is 12.5 Å². The van der Waals surface area contributed by atoms with Crippen molar-refractivity contribution in [3.05, 3.63) is 29.8 Å². The zero-order chi connectivity index (χ0) is 14.4. The van der Waals surface area contributed by atoms with Gasteiger partial charge in [0.1, 0.15) is 5.75 Å². The summed E-state index contributed by atoms with van der Waals surface area (Å²) in [7, 11) is 1.63. The maximum Gasteiger partial charge on any atom is 0.234 e. The summed E-state index contributed by atoms with van der Waals surface area (Å²) in [6, 6.07) is 8.11. The minimum Gasteiger partial charge on any atom is -0.497 e. The molecule has 110 valence electrons. The van der Waals surface area contributed by atoms with E-state index in [1.165, 1.54) is 0 Å². The summed E-state index contributed by atoms with van der Waals surface area (Å²) in [5.74, 6) is 0.809. The van der Waals surface area contributed by atoms with E-state index in [0.717, 1.165) is 24.2 Å². The largest absolute Gasteiger partial charge is 0.497 e. The van der Waals surface area contributed by atoms with Crippen LogP contribution in [0.25, 0.3) is 0 Å². The van der Waals surface area contributed by atoms with Gasteiger partial charge in [0, 0.05) is 19.1 Å². The summed E-state index contributed by atoms with van der Waals surface area (Å²) >= 11 is 0. The lowest BCUT2D eigenvalue weighted by molar-refractivity contribution is -0.122. The molecule has 0 aliphatic heterocycles. The molecule has 20 heavy (non-hydrogen) atoms. The second kappa shape index (κ2) is 7.26. The van der Waals surface area contributed by atoms with Crippen LogP contribution in [0.5, 0.6) is 5.75 Å². The van der Waals surface area contributed by atoms with Crippen molar-refractivity contribution >= 4 is 5.91 Å². The van der Waals surface area contributed by atoms with E-state index >= 15 is 0 Å². The zero-order valence-electron chi connectivity index (χ0n) is 11.8. The minimum absolute atomic E-state index is 0.00108. The van der Waals surface area contributed by atoms with Gasteiger partial charge in [-0.25, -0.2) is 0 Å². The number of benzene rings is 1. The number of aliphatic hydroxyl groups is 1. The first-order chi connectivity index (χ1) is 9.72. The smallest absolute Gasteiger partial charge is 0.234 e. The first-order valence-corrected chi connectivity index (χ1v) is 6.97. The van der Waals surface area contributed by atoms with Gasteiger partial charge in [0.25, 0.3) is 0 Å². The van der Waals surface area contributed by atoms with Gasteiger partial charge in [-0.3, -0.25) is 9.69 Å². The summed E-state index contributed by atoms with van der Waals surface area (Å²) in [5.41, 5.74) is 1.04. The molecule has 1 aromatic rings. The van der Waals surface area contributed by atoms with E-state index < -0.39 is 0 Å². The van der Waals surface area contributed by atoms with Crippen molar-refractivity contribution in [1.29, 1.82) is 0 Å². The molecule has 0 spiro atoms. The van der Waals surface area contributed by atoms with Crippen molar-refractivity contribution in [2.45, 2.75) is 25.4 Å². The minimum atomic E-state index is 0.00108. The highest BCUT2D eigenvalue weighted by molar-refractivity contribution is 5.78. The molecule has 5 heteroatoms. The number of nitrogens with zero attached hydrogens (tertiary/aromatic N) is 1. The van der Waals surface area contributed by atoms with Gasteiger partial charge in [-0.05, 0) is 30.5 Å². The zero-order valence-corrected chi connectivity index (χ0v) is 11.8. The normalized spacial score (nSPS) is 14.3. The summed E-state index contributed by atoms with van der Waals surface area (Å²) in [6.07, 6.45) is 2.26. The Morgan fingerprint density at radius 2 is 2.10 bits per heavy atom. The van der Waals surface area contributed by atoms with Crippen LogP contribution in [0.4, 0.5) is 0 Å². The number of nitrogens with one attached hydrogen (secondary N) is 1. The van der Waals surface area contributed by atoms with Gasteiger partial charge in [-0.1, -0.05) is 12.1 Å². The maximum absolute atomic E-state index is 11.9. The second-order valence-electron chi connectivity index (χ2n) is 5.05. The number of hydrogen-bond acceptors (Lipinski definition) is 4. The van der Waals surface area contributed by atoms with Gasteiger partial charge in [-0.15, -0.1) is 0 Å². The van der Waals surface area contributed by atoms with E-state index in [2.05, 4.69) is 5.32 Å². The summed E-state index contributed by atoms with van der Waals surface area (Å²) in [5, 5.41) is 11.9. The Bertz CT molecular complexity index is 429. The second-order valence-corrected chi connectivity index (χ2v) is 5.05. The Morgan fingerprint density at radius 3 is 2.65 bits per heavy atom. The van der Waals surface area contributed by atoms with Crippen molar-refractivity contribution < 1.29 is 14.6 Å². The predicted octanol–water partition coefficient (Wildman–Crippen LogP) is 0.768. The van der Waals surface area contributed by atoms with E-state index in [1.54, 1.807) is 7.11 Å². The standard InChI is InChI=1S/C15H22N2O3/c1-20-14-6-2-12(3-7-14)10-16-15(19)11-17(8-9-18)13-4-5-13/h2-3,6-7,13,18H,4-5,8-11H2,1H3,(H,16,19). The Balaban J connectivity index is 1.75. The molecule has 1 fully saturated rings. The number of ether oxygens (including phenoxy) is 1. The molecule has 2 N–H and O–H groups in total. The topological polar surface area (TPSA) is 61.8 Å². The Labute approximate surface area is 119 Å². The molecule has 2 rings (SSSR count). The first-order valence-electron chi connectivity index (χ1n) is 6.97. The average Bonchev–Trinajstić information content (AvgIpc) is 3.30. The number of amides is 1. The molecule has 1 aliphatic carbocycles. The molecule has 0 radical (unpaired) electrons. The van der Waals surface area contributed by atoms with Crippen molar-refractivity contribution in [3.8, 4) is 5.75 Å². The van der Waals surface area contributed by atoms with E-state index in [9.17, 15) is 4.79 Å². The Kier molecular flexibility index (Phi) is 5.38. The molecular formula is C15H22N2O3. The van der Waals surface area contributed by atoms with E-state index in [1.807, 2.05) is 29.2 Å². The number of hydrogen-bond donors (Lipinski definition) is 2. The van der Waals surface area contributed by atoms with Gasteiger partial charge in [0.05, 0.1) is 20.3 Å². The highest BCUT2D eigenvalue weighted by Gasteiger charge is 2.29. The van der Waals surface area contributed by atoms with Gasteiger partial charge in [0.15, 0.2) is 0 Å². The van der Waals surface area contributed by atoms with Crippen LogP contribution in [-0.2, 0) is 11.3 Å². The first kappa shape index (κ1) is 14.8. The Hall–Kier alpha value is -1.59. The SMILES string of the molecule is COc1ccc(CNC(=O)CN(CCO)C2CC2)cc1. The van der Waals surface area contributed by atoms with Crippen molar-refractivity contribution in [3.63, 3.8) is 0 Å². The number of aliphatic hydroxyl groups excluding tert-OH is 1. The lowest BCUT2D eigenvalue weighted by atomic mass is 10.2. The number of carbonyl (C=O) groups excluding carboxylic acids is 1. The van der Waals surface area contributed by atoms with Gasteiger partial charge in [0.2, 0.25) is 5.91 Å². The molecule has 0 unspecified atom stereocenters. The van der Waals surface area contributed by atoms with Crippen LogP contribution in [0.1, 0.15) is 18.4 Å². The van der Waals surface area contributed by atoms with Gasteiger partial charge >= 0.3 is 0 Å². The Morgan fingerprint density at radius 1 is 1.40 bits per heavy atom. The van der Waals surface area contributed by atoms with Crippen LogP contribution in [0.2, 0.25) is 0 Å². The van der Waals surface area contributed by atoms with Gasteiger partial charge < -0.3 is 15.2 Å². The molecule has 0 heterocycles. The summed E-state index contributed by atoms with van der Waals surface area (Å²) in [4.78, 5) is 13.9. The molecule has 1 aliphatic rings. The third kappa shape index (κ3) is 4.51. The number of methoxy groups -OCH3 is 1. The summed E-state index contributed by atoms with van der Waals surface area (Å²) in [6.45, 7) is 1.55. The third-order valence-corrected chi connectivity index (χ3v) is 3.45. The highest BCUT2D eigenvalue weighted by Crippen LogP contribution is 2.26. The molecule has 1 aromatic carbocycles. The fourth-order valence-corrected chi connectivity index (χ4v) is 2.14. The molecule has 0 saturated heterocycles. The van der Waals surface area contributed by atoms with Crippen LogP contribution in [0.3, 0.4) is 0 Å². The third-order valence-electron chi connectivity index (χ3n) is 3.45. The average molecular weight is 278 g/mol. The monoisotopic (exact) mass is 278 g/mol. The fourth-order valence-electron chi connectivity index (χ4n) is 2.14. The molecule has 1 saturated carbocycles. The molecule has 0 aromatic heterocycles. The number of carbonyl (C=O) groups is 1. The molecule has 0 bridgehead atoms. The lowest BCUT2D eigenvalue weighted by Crippen LogP contribution is -2.39. The maximum atomic E-state index is 11.9. The quantitative estimate of drug-likeness (QED) is 0.737. The van der Waals surface area contributed by atoms with Crippen molar-refractivity contribution in [1.82, 2.24) is 10.2 Å². The van der Waals surface area contributed by atoms with Crippen molar-refractivity contribution in [2.75, 3.05) is 26.8 Å². The number of rotatable bonds is 8. The van der Waals surface area contributed by atoms with Crippen LogP contribution in [0.15, 0.2) is 24.3 Å². The van der Waals surface area contributed by atoms with E-state index in [0.29, 0.717) is 25.7 Å². The predicted molar refractivity (Wildman–Crippen MR) is 76.5 cm³/mol. The van der Waals surface area contributed by atoms with Crippen LogP contribution < -0.4 is 10.1 Å². The van der Waals surface area contributed by atoms with Crippen molar-refractivity contribution in [2.24, 2.45) is 0 Å². The molecule has 1 amide bonds. The molecular weight excluding hydrogens is 256 g/mol. The van der Waals surface area contributed by atoms with Crippen LogP contribution in [-0.4, -0.2) is 48.8 Å². The highest BCUT2D eigenvalue weighted by atomic mass is 16.5.